The minimum absolute atomic E-state index is 0.723. The molecule has 0 amide bonds. The topological polar surface area (TPSA) is 39.1 Å². The van der Waals surface area contributed by atoms with Gasteiger partial charge in [-0.05, 0) is 32.8 Å². The minimum atomic E-state index is 0.723. The maximum absolute atomic E-state index is 5.43. The number of nitrogens with zero attached hydrogens (tertiary/aromatic N) is 2. The first-order chi connectivity index (χ1) is 10.2. The summed E-state index contributed by atoms with van der Waals surface area (Å²) in [5.41, 5.74) is 4.85. The molecule has 0 bridgehead atoms. The van der Waals surface area contributed by atoms with Crippen LogP contribution in [0.2, 0.25) is 0 Å². The fourth-order valence-corrected chi connectivity index (χ4v) is 2.67. The van der Waals surface area contributed by atoms with Crippen molar-refractivity contribution in [3.8, 4) is 5.75 Å². The van der Waals surface area contributed by atoms with Gasteiger partial charge in [-0.15, -0.1) is 0 Å². The van der Waals surface area contributed by atoms with E-state index in [0.29, 0.717) is 0 Å². The lowest BCUT2D eigenvalue weighted by atomic mass is 10.1. The van der Waals surface area contributed by atoms with Crippen molar-refractivity contribution in [1.29, 1.82) is 0 Å². The van der Waals surface area contributed by atoms with Crippen molar-refractivity contribution in [3.05, 3.63) is 46.8 Å². The summed E-state index contributed by atoms with van der Waals surface area (Å²) in [6.07, 6.45) is 2.63. The Bertz CT molecular complexity index is 629. The molecule has 0 unspecified atom stereocenters. The summed E-state index contributed by atoms with van der Waals surface area (Å²) in [5.74, 6) is 0.919. The molecule has 0 aliphatic heterocycles. The Kier molecular flexibility index (Phi) is 3.97. The SMILES string of the molecule is COc1ccccc1Cn1nc(C)c(CNC2CC2)c1C. The van der Waals surface area contributed by atoms with Crippen LogP contribution in [0.4, 0.5) is 0 Å². The molecule has 1 aliphatic carbocycles. The molecular formula is C17H23N3O. The highest BCUT2D eigenvalue weighted by Gasteiger charge is 2.21. The summed E-state index contributed by atoms with van der Waals surface area (Å²) in [7, 11) is 1.71. The number of nitrogens with one attached hydrogen (secondary N) is 1. The predicted octanol–water partition coefficient (Wildman–Crippen LogP) is 2.81. The molecule has 4 nitrogen and oxygen atoms in total. The summed E-state index contributed by atoms with van der Waals surface area (Å²) in [4.78, 5) is 0. The first-order valence-corrected chi connectivity index (χ1v) is 7.57. The lowest BCUT2D eigenvalue weighted by Crippen LogP contribution is -2.16. The van der Waals surface area contributed by atoms with Crippen LogP contribution < -0.4 is 10.1 Å². The van der Waals surface area contributed by atoms with Gasteiger partial charge in [0.2, 0.25) is 0 Å². The van der Waals surface area contributed by atoms with Crippen LogP contribution in [-0.2, 0) is 13.1 Å². The average Bonchev–Trinajstić information content (AvgIpc) is 3.27. The third kappa shape index (κ3) is 3.10. The quantitative estimate of drug-likeness (QED) is 0.887. The van der Waals surface area contributed by atoms with E-state index in [1.165, 1.54) is 24.1 Å². The number of hydrogen-bond donors (Lipinski definition) is 1. The van der Waals surface area contributed by atoms with E-state index in [0.717, 1.165) is 36.1 Å². The molecule has 1 fully saturated rings. The van der Waals surface area contributed by atoms with E-state index in [4.69, 9.17) is 9.84 Å². The molecule has 0 saturated heterocycles. The fourth-order valence-electron chi connectivity index (χ4n) is 2.67. The Morgan fingerprint density at radius 3 is 2.76 bits per heavy atom. The first kappa shape index (κ1) is 14.1. The van der Waals surface area contributed by atoms with Crippen LogP contribution in [0.25, 0.3) is 0 Å². The van der Waals surface area contributed by atoms with Crippen LogP contribution in [0.3, 0.4) is 0 Å². The maximum atomic E-state index is 5.43. The van der Waals surface area contributed by atoms with Crippen molar-refractivity contribution in [2.45, 2.75) is 45.8 Å². The minimum Gasteiger partial charge on any atom is -0.496 e. The Balaban J connectivity index is 1.80. The standard InChI is InChI=1S/C17H23N3O/c1-12-16(10-18-15-8-9-15)13(2)20(19-12)11-14-6-4-5-7-17(14)21-3/h4-7,15,18H,8-11H2,1-3H3. The van der Waals surface area contributed by atoms with Gasteiger partial charge in [-0.2, -0.15) is 5.10 Å². The molecule has 0 radical (unpaired) electrons. The van der Waals surface area contributed by atoms with E-state index in [1.807, 2.05) is 18.2 Å². The van der Waals surface area contributed by atoms with Crippen LogP contribution >= 0.6 is 0 Å². The largest absolute Gasteiger partial charge is 0.496 e. The third-order valence-corrected chi connectivity index (χ3v) is 4.19. The van der Waals surface area contributed by atoms with E-state index >= 15 is 0 Å². The molecule has 21 heavy (non-hydrogen) atoms. The molecule has 1 aliphatic rings. The zero-order valence-electron chi connectivity index (χ0n) is 13.0. The monoisotopic (exact) mass is 285 g/mol. The van der Waals surface area contributed by atoms with E-state index in [9.17, 15) is 0 Å². The number of ether oxygens (including phenoxy) is 1. The molecule has 1 saturated carbocycles. The Morgan fingerprint density at radius 2 is 2.05 bits per heavy atom. The molecule has 3 rings (SSSR count). The van der Waals surface area contributed by atoms with Crippen molar-refractivity contribution < 1.29 is 4.74 Å². The highest BCUT2D eigenvalue weighted by Crippen LogP contribution is 2.23. The summed E-state index contributed by atoms with van der Waals surface area (Å²) in [6.45, 7) is 5.92. The van der Waals surface area contributed by atoms with Gasteiger partial charge in [0.25, 0.3) is 0 Å². The van der Waals surface area contributed by atoms with Crippen LogP contribution in [0.15, 0.2) is 24.3 Å². The van der Waals surface area contributed by atoms with Gasteiger partial charge in [-0.3, -0.25) is 4.68 Å². The smallest absolute Gasteiger partial charge is 0.123 e. The zero-order valence-corrected chi connectivity index (χ0v) is 13.0. The van der Waals surface area contributed by atoms with E-state index in [1.54, 1.807) is 7.11 Å². The molecule has 2 aromatic rings. The lowest BCUT2D eigenvalue weighted by molar-refractivity contribution is 0.407. The van der Waals surface area contributed by atoms with Crippen molar-refractivity contribution in [1.82, 2.24) is 15.1 Å². The maximum Gasteiger partial charge on any atom is 0.123 e. The molecule has 0 spiro atoms. The van der Waals surface area contributed by atoms with Gasteiger partial charge in [0.15, 0.2) is 0 Å². The first-order valence-electron chi connectivity index (χ1n) is 7.57. The highest BCUT2D eigenvalue weighted by molar-refractivity contribution is 5.34. The van der Waals surface area contributed by atoms with Gasteiger partial charge in [0, 0.05) is 29.4 Å². The van der Waals surface area contributed by atoms with E-state index in [2.05, 4.69) is 29.9 Å². The molecule has 0 atom stereocenters. The van der Waals surface area contributed by atoms with Crippen LogP contribution in [0.5, 0.6) is 5.75 Å². The van der Waals surface area contributed by atoms with Gasteiger partial charge >= 0.3 is 0 Å². The second-order valence-corrected chi connectivity index (χ2v) is 5.77. The normalized spacial score (nSPS) is 14.4. The van der Waals surface area contributed by atoms with Gasteiger partial charge in [0.05, 0.1) is 19.3 Å². The number of hydrogen-bond acceptors (Lipinski definition) is 3. The van der Waals surface area contributed by atoms with Crippen molar-refractivity contribution >= 4 is 0 Å². The average molecular weight is 285 g/mol. The number of benzene rings is 1. The zero-order chi connectivity index (χ0) is 14.8. The molecule has 1 aromatic heterocycles. The highest BCUT2D eigenvalue weighted by atomic mass is 16.5. The molecule has 1 N–H and O–H groups in total. The second-order valence-electron chi connectivity index (χ2n) is 5.77. The third-order valence-electron chi connectivity index (χ3n) is 4.19. The Labute approximate surface area is 126 Å². The Morgan fingerprint density at radius 1 is 1.29 bits per heavy atom. The van der Waals surface area contributed by atoms with Gasteiger partial charge in [-0.1, -0.05) is 18.2 Å². The van der Waals surface area contributed by atoms with E-state index < -0.39 is 0 Å². The van der Waals surface area contributed by atoms with Crippen LogP contribution in [0, 0.1) is 13.8 Å². The van der Waals surface area contributed by atoms with Gasteiger partial charge in [0.1, 0.15) is 5.75 Å². The second kappa shape index (κ2) is 5.90. The molecule has 4 heteroatoms. The Hall–Kier alpha value is -1.81. The summed E-state index contributed by atoms with van der Waals surface area (Å²) >= 11 is 0. The summed E-state index contributed by atoms with van der Waals surface area (Å²) in [6, 6.07) is 8.85. The van der Waals surface area contributed by atoms with Gasteiger partial charge in [-0.25, -0.2) is 0 Å². The molecule has 1 aromatic carbocycles. The van der Waals surface area contributed by atoms with Crippen LogP contribution in [0.1, 0.15) is 35.4 Å². The number of methoxy groups -OCH3 is 1. The number of aryl methyl sites for hydroxylation is 1. The van der Waals surface area contributed by atoms with E-state index in [-0.39, 0.29) is 0 Å². The van der Waals surface area contributed by atoms with Crippen molar-refractivity contribution in [3.63, 3.8) is 0 Å². The number of para-hydroxylation sites is 1. The van der Waals surface area contributed by atoms with Crippen molar-refractivity contribution in [2.24, 2.45) is 0 Å². The van der Waals surface area contributed by atoms with Gasteiger partial charge < -0.3 is 10.1 Å². The molecule has 1 heterocycles. The summed E-state index contributed by atoms with van der Waals surface area (Å²) in [5, 5.41) is 8.28. The molecular weight excluding hydrogens is 262 g/mol. The summed E-state index contributed by atoms with van der Waals surface area (Å²) < 4.78 is 7.51. The number of rotatable bonds is 6. The van der Waals surface area contributed by atoms with Crippen molar-refractivity contribution in [2.75, 3.05) is 7.11 Å². The fraction of sp³-hybridized carbons (Fsp3) is 0.471. The van der Waals surface area contributed by atoms with Crippen LogP contribution in [-0.4, -0.2) is 22.9 Å². The number of aromatic nitrogens is 2. The lowest BCUT2D eigenvalue weighted by Gasteiger charge is -2.10. The predicted molar refractivity (Wildman–Crippen MR) is 83.7 cm³/mol. The molecule has 112 valence electrons.